The highest BCUT2D eigenvalue weighted by Crippen LogP contribution is 2.49. The Balaban J connectivity index is 1.83. The van der Waals surface area contributed by atoms with Crippen molar-refractivity contribution in [2.24, 2.45) is 0 Å². The minimum Gasteiger partial charge on any atom is -0.387 e. The number of rotatable bonds is 4. The molecule has 1 aromatic carbocycles. The van der Waals surface area contributed by atoms with Crippen molar-refractivity contribution in [2.45, 2.75) is 37.2 Å². The molecule has 0 amide bonds. The standard InChI is InChI=1S/C17H18FNO/c18-14-6-3-5-13(11-14)17(8-4-9-17)12-16(20)15-7-1-2-10-19-15/h1-3,5-7,10-11,16,20H,4,8-9,12H2. The maximum absolute atomic E-state index is 13.4. The van der Waals surface area contributed by atoms with Gasteiger partial charge in [0.05, 0.1) is 11.8 Å². The van der Waals surface area contributed by atoms with Gasteiger partial charge >= 0.3 is 0 Å². The van der Waals surface area contributed by atoms with Crippen LogP contribution in [0.5, 0.6) is 0 Å². The fourth-order valence-corrected chi connectivity index (χ4v) is 3.08. The van der Waals surface area contributed by atoms with Crippen LogP contribution in [-0.2, 0) is 5.41 Å². The summed E-state index contributed by atoms with van der Waals surface area (Å²) in [6, 6.07) is 12.3. The molecule has 104 valence electrons. The Labute approximate surface area is 118 Å². The molecular weight excluding hydrogens is 253 g/mol. The molecule has 0 bridgehead atoms. The number of aliphatic hydroxyl groups is 1. The van der Waals surface area contributed by atoms with E-state index in [1.807, 2.05) is 24.3 Å². The van der Waals surface area contributed by atoms with E-state index in [4.69, 9.17) is 0 Å². The van der Waals surface area contributed by atoms with Crippen LogP contribution in [0, 0.1) is 5.82 Å². The van der Waals surface area contributed by atoms with Gasteiger partial charge in [0.2, 0.25) is 0 Å². The largest absolute Gasteiger partial charge is 0.387 e. The molecule has 0 saturated heterocycles. The monoisotopic (exact) mass is 271 g/mol. The topological polar surface area (TPSA) is 33.1 Å². The summed E-state index contributed by atoms with van der Waals surface area (Å²) in [5.41, 5.74) is 1.59. The average molecular weight is 271 g/mol. The summed E-state index contributed by atoms with van der Waals surface area (Å²) in [6.45, 7) is 0. The Kier molecular flexibility index (Phi) is 3.53. The molecule has 1 N–H and O–H groups in total. The number of benzene rings is 1. The summed E-state index contributed by atoms with van der Waals surface area (Å²) >= 11 is 0. The molecule has 1 heterocycles. The van der Waals surface area contributed by atoms with Crippen molar-refractivity contribution in [2.75, 3.05) is 0 Å². The summed E-state index contributed by atoms with van der Waals surface area (Å²) in [4.78, 5) is 4.21. The van der Waals surface area contributed by atoms with E-state index in [0.29, 0.717) is 12.1 Å². The Bertz CT molecular complexity index is 581. The van der Waals surface area contributed by atoms with Crippen molar-refractivity contribution in [3.8, 4) is 0 Å². The first kappa shape index (κ1) is 13.3. The van der Waals surface area contributed by atoms with Gasteiger partial charge in [-0.2, -0.15) is 0 Å². The maximum atomic E-state index is 13.4. The summed E-state index contributed by atoms with van der Waals surface area (Å²) < 4.78 is 13.4. The van der Waals surface area contributed by atoms with E-state index >= 15 is 0 Å². The Morgan fingerprint density at radius 3 is 2.65 bits per heavy atom. The van der Waals surface area contributed by atoms with Gasteiger partial charge in [0.25, 0.3) is 0 Å². The summed E-state index contributed by atoms with van der Waals surface area (Å²) in [5, 5.41) is 10.4. The van der Waals surface area contributed by atoms with E-state index in [9.17, 15) is 9.50 Å². The lowest BCUT2D eigenvalue weighted by Gasteiger charge is -2.43. The molecule has 1 atom stereocenters. The molecule has 20 heavy (non-hydrogen) atoms. The Hall–Kier alpha value is -1.74. The molecule has 3 rings (SSSR count). The maximum Gasteiger partial charge on any atom is 0.123 e. The van der Waals surface area contributed by atoms with Crippen LogP contribution in [0.15, 0.2) is 48.7 Å². The molecule has 1 aliphatic carbocycles. The molecule has 2 aromatic rings. The minimum absolute atomic E-state index is 0.0982. The smallest absolute Gasteiger partial charge is 0.123 e. The molecule has 0 radical (unpaired) electrons. The van der Waals surface area contributed by atoms with Crippen molar-refractivity contribution < 1.29 is 9.50 Å². The van der Waals surface area contributed by atoms with Crippen molar-refractivity contribution in [1.29, 1.82) is 0 Å². The quantitative estimate of drug-likeness (QED) is 0.918. The summed E-state index contributed by atoms with van der Waals surface area (Å²) in [6.07, 6.45) is 4.83. The third-order valence-electron chi connectivity index (χ3n) is 4.36. The third kappa shape index (κ3) is 2.46. The summed E-state index contributed by atoms with van der Waals surface area (Å²) in [5.74, 6) is -0.207. The number of halogens is 1. The van der Waals surface area contributed by atoms with Crippen LogP contribution in [0.1, 0.15) is 43.0 Å². The van der Waals surface area contributed by atoms with E-state index < -0.39 is 6.10 Å². The molecular formula is C17H18FNO. The van der Waals surface area contributed by atoms with Gasteiger partial charge in [-0.3, -0.25) is 4.98 Å². The molecule has 1 aliphatic rings. The van der Waals surface area contributed by atoms with E-state index in [-0.39, 0.29) is 11.2 Å². The second-order valence-electron chi connectivity index (χ2n) is 5.62. The van der Waals surface area contributed by atoms with E-state index in [0.717, 1.165) is 24.8 Å². The first-order valence-corrected chi connectivity index (χ1v) is 7.05. The van der Waals surface area contributed by atoms with E-state index in [1.54, 1.807) is 18.3 Å². The zero-order chi connectivity index (χ0) is 14.0. The lowest BCUT2D eigenvalue weighted by Crippen LogP contribution is -2.36. The minimum atomic E-state index is -0.597. The number of aromatic nitrogens is 1. The van der Waals surface area contributed by atoms with Crippen LogP contribution >= 0.6 is 0 Å². The highest BCUT2D eigenvalue weighted by atomic mass is 19.1. The zero-order valence-electron chi connectivity index (χ0n) is 11.3. The first-order valence-electron chi connectivity index (χ1n) is 7.05. The number of aliphatic hydroxyl groups excluding tert-OH is 1. The fourth-order valence-electron chi connectivity index (χ4n) is 3.08. The van der Waals surface area contributed by atoms with Crippen LogP contribution in [0.4, 0.5) is 4.39 Å². The number of hydrogen-bond donors (Lipinski definition) is 1. The first-order chi connectivity index (χ1) is 9.70. The van der Waals surface area contributed by atoms with Crippen molar-refractivity contribution in [3.63, 3.8) is 0 Å². The van der Waals surface area contributed by atoms with Gasteiger partial charge in [-0.25, -0.2) is 4.39 Å². The molecule has 3 heteroatoms. The zero-order valence-corrected chi connectivity index (χ0v) is 11.3. The van der Waals surface area contributed by atoms with Crippen LogP contribution < -0.4 is 0 Å². The summed E-state index contributed by atoms with van der Waals surface area (Å²) in [7, 11) is 0. The van der Waals surface area contributed by atoms with Gasteiger partial charge in [-0.15, -0.1) is 0 Å². The second-order valence-corrected chi connectivity index (χ2v) is 5.62. The highest BCUT2D eigenvalue weighted by Gasteiger charge is 2.40. The molecule has 1 aromatic heterocycles. The number of nitrogens with zero attached hydrogens (tertiary/aromatic N) is 1. The SMILES string of the molecule is OC(CC1(c2cccc(F)c2)CCC1)c1ccccn1. The molecule has 0 aliphatic heterocycles. The predicted molar refractivity (Wildman–Crippen MR) is 75.7 cm³/mol. The Morgan fingerprint density at radius 1 is 1.20 bits per heavy atom. The van der Waals surface area contributed by atoms with Gasteiger partial charge in [-0.1, -0.05) is 24.6 Å². The van der Waals surface area contributed by atoms with Crippen LogP contribution in [0.2, 0.25) is 0 Å². The van der Waals surface area contributed by atoms with E-state index in [2.05, 4.69) is 4.98 Å². The predicted octanol–water partition coefficient (Wildman–Crippen LogP) is 3.77. The van der Waals surface area contributed by atoms with Gasteiger partial charge in [0, 0.05) is 6.20 Å². The molecule has 1 fully saturated rings. The van der Waals surface area contributed by atoms with Crippen molar-refractivity contribution >= 4 is 0 Å². The van der Waals surface area contributed by atoms with Crippen LogP contribution in [0.25, 0.3) is 0 Å². The molecule has 1 saturated carbocycles. The third-order valence-corrected chi connectivity index (χ3v) is 4.36. The van der Waals surface area contributed by atoms with Crippen LogP contribution in [-0.4, -0.2) is 10.1 Å². The van der Waals surface area contributed by atoms with Gasteiger partial charge in [-0.05, 0) is 54.5 Å². The van der Waals surface area contributed by atoms with Gasteiger partial charge in [0.15, 0.2) is 0 Å². The fraction of sp³-hybridized carbons (Fsp3) is 0.353. The van der Waals surface area contributed by atoms with Crippen LogP contribution in [0.3, 0.4) is 0 Å². The van der Waals surface area contributed by atoms with Gasteiger partial charge in [0.1, 0.15) is 5.82 Å². The molecule has 1 unspecified atom stereocenters. The normalized spacial score (nSPS) is 18.3. The van der Waals surface area contributed by atoms with Crippen molar-refractivity contribution in [1.82, 2.24) is 4.98 Å². The van der Waals surface area contributed by atoms with Gasteiger partial charge < -0.3 is 5.11 Å². The lowest BCUT2D eigenvalue weighted by molar-refractivity contribution is 0.0911. The Morgan fingerprint density at radius 2 is 2.05 bits per heavy atom. The molecule has 0 spiro atoms. The molecule has 2 nitrogen and oxygen atoms in total. The second kappa shape index (κ2) is 5.33. The van der Waals surface area contributed by atoms with Crippen molar-refractivity contribution in [3.05, 3.63) is 65.7 Å². The van der Waals surface area contributed by atoms with E-state index in [1.165, 1.54) is 6.07 Å². The lowest BCUT2D eigenvalue weighted by atomic mass is 9.61. The number of pyridine rings is 1. The highest BCUT2D eigenvalue weighted by molar-refractivity contribution is 5.29. The number of hydrogen-bond acceptors (Lipinski definition) is 2. The average Bonchev–Trinajstić information content (AvgIpc) is 2.43.